The van der Waals surface area contributed by atoms with E-state index in [4.69, 9.17) is 40.6 Å². The Morgan fingerprint density at radius 2 is 1.59 bits per heavy atom. The van der Waals surface area contributed by atoms with Gasteiger partial charge in [0.15, 0.2) is 17.9 Å². The molecular formula is C14H22O6S2. The van der Waals surface area contributed by atoms with Gasteiger partial charge in [-0.15, -0.1) is 0 Å². The van der Waals surface area contributed by atoms with Gasteiger partial charge in [-0.1, -0.05) is 11.8 Å². The molecule has 3 heterocycles. The van der Waals surface area contributed by atoms with Crippen molar-refractivity contribution in [3.8, 4) is 0 Å². The normalized spacial score (nSPS) is 41.8. The van der Waals surface area contributed by atoms with Gasteiger partial charge in [0.25, 0.3) is 0 Å². The maximum absolute atomic E-state index is 6.02. The largest absolute Gasteiger partial charge is 0.476 e. The van der Waals surface area contributed by atoms with Gasteiger partial charge in [-0.2, -0.15) is 0 Å². The van der Waals surface area contributed by atoms with Gasteiger partial charge in [-0.25, -0.2) is 0 Å². The molecule has 0 spiro atoms. The first-order chi connectivity index (χ1) is 10.2. The molecule has 5 atom stereocenters. The molecule has 3 rings (SSSR count). The summed E-state index contributed by atoms with van der Waals surface area (Å²) in [6.07, 6.45) is 0.203. The van der Waals surface area contributed by atoms with Crippen LogP contribution in [0.25, 0.3) is 0 Å². The number of hydrogen-bond donors (Lipinski definition) is 0. The van der Waals surface area contributed by atoms with Crippen LogP contribution in [0, 0.1) is 0 Å². The maximum atomic E-state index is 6.02. The van der Waals surface area contributed by atoms with E-state index in [1.54, 1.807) is 0 Å². The molecule has 8 heteroatoms. The van der Waals surface area contributed by atoms with E-state index in [0.717, 1.165) is 0 Å². The summed E-state index contributed by atoms with van der Waals surface area (Å²) in [7, 11) is 0. The highest BCUT2D eigenvalue weighted by Gasteiger charge is 2.60. The molecule has 3 aliphatic heterocycles. The summed E-state index contributed by atoms with van der Waals surface area (Å²) in [6.45, 7) is 7.78. The number of rotatable bonds is 2. The van der Waals surface area contributed by atoms with E-state index in [0.29, 0.717) is 11.0 Å². The zero-order valence-corrected chi connectivity index (χ0v) is 15.0. The standard InChI is InChI=1S/C14H22O6S2/c1-13(2)17-8-7(6-15-12(21)22-5)16-11-10(9(8)18-13)19-14(3,4)20-11/h7-11H,6H2,1-5H3/t7?,8-,9-,10-,11+/m0/s1. The summed E-state index contributed by atoms with van der Waals surface area (Å²) in [5.74, 6) is -1.40. The van der Waals surface area contributed by atoms with Gasteiger partial charge in [-0.05, 0) is 46.2 Å². The molecule has 3 fully saturated rings. The third-order valence-corrected chi connectivity index (χ3v) is 4.85. The third kappa shape index (κ3) is 3.28. The zero-order chi connectivity index (χ0) is 16.1. The lowest BCUT2D eigenvalue weighted by Crippen LogP contribution is -2.56. The van der Waals surface area contributed by atoms with Crippen LogP contribution in [0.4, 0.5) is 0 Å². The molecule has 0 amide bonds. The Bertz CT molecular complexity index is 455. The van der Waals surface area contributed by atoms with E-state index < -0.39 is 17.9 Å². The monoisotopic (exact) mass is 350 g/mol. The minimum absolute atomic E-state index is 0.257. The van der Waals surface area contributed by atoms with Crippen molar-refractivity contribution in [1.29, 1.82) is 0 Å². The van der Waals surface area contributed by atoms with Crippen LogP contribution < -0.4 is 0 Å². The molecule has 0 aromatic carbocycles. The van der Waals surface area contributed by atoms with Crippen LogP contribution >= 0.6 is 24.0 Å². The minimum atomic E-state index is -0.708. The Hall–Kier alpha value is 0.0400. The Morgan fingerprint density at radius 1 is 1.00 bits per heavy atom. The van der Waals surface area contributed by atoms with E-state index in [1.807, 2.05) is 34.0 Å². The maximum Gasteiger partial charge on any atom is 0.219 e. The van der Waals surface area contributed by atoms with Crippen LogP contribution in [0.5, 0.6) is 0 Å². The molecule has 0 saturated carbocycles. The average Bonchev–Trinajstić information content (AvgIpc) is 2.89. The number of thiocarbonyl (C=S) groups is 1. The predicted molar refractivity (Wildman–Crippen MR) is 84.6 cm³/mol. The second-order valence-electron chi connectivity index (χ2n) is 6.47. The van der Waals surface area contributed by atoms with Gasteiger partial charge < -0.3 is 28.4 Å². The molecule has 0 N–H and O–H groups in total. The summed E-state index contributed by atoms with van der Waals surface area (Å²) < 4.78 is 35.8. The van der Waals surface area contributed by atoms with Crippen molar-refractivity contribution in [2.24, 2.45) is 0 Å². The molecule has 0 aromatic heterocycles. The SMILES string of the molecule is CSC(=S)OCC1O[C@@H]2OC(C)(C)O[C@H]2[C@H]2OC(C)(C)O[C@@H]12. The van der Waals surface area contributed by atoms with E-state index in [-0.39, 0.29) is 24.4 Å². The van der Waals surface area contributed by atoms with Gasteiger partial charge in [-0.3, -0.25) is 0 Å². The highest BCUT2D eigenvalue weighted by atomic mass is 32.2. The van der Waals surface area contributed by atoms with Crippen molar-refractivity contribution in [2.45, 2.75) is 70.0 Å². The van der Waals surface area contributed by atoms with Gasteiger partial charge in [0.05, 0.1) is 0 Å². The van der Waals surface area contributed by atoms with Crippen molar-refractivity contribution >= 4 is 28.4 Å². The second kappa shape index (κ2) is 5.84. The van der Waals surface area contributed by atoms with E-state index in [9.17, 15) is 0 Å². The zero-order valence-electron chi connectivity index (χ0n) is 13.4. The van der Waals surface area contributed by atoms with Crippen molar-refractivity contribution in [3.05, 3.63) is 0 Å². The smallest absolute Gasteiger partial charge is 0.219 e. The van der Waals surface area contributed by atoms with Crippen LogP contribution in [0.3, 0.4) is 0 Å². The fourth-order valence-electron chi connectivity index (χ4n) is 3.04. The molecular weight excluding hydrogens is 328 g/mol. The lowest BCUT2D eigenvalue weighted by atomic mass is 9.99. The number of hydrogen-bond acceptors (Lipinski definition) is 8. The van der Waals surface area contributed by atoms with Gasteiger partial charge in [0, 0.05) is 0 Å². The molecule has 0 radical (unpaired) electrons. The molecule has 22 heavy (non-hydrogen) atoms. The first-order valence-electron chi connectivity index (χ1n) is 7.28. The fourth-order valence-corrected chi connectivity index (χ4v) is 3.29. The van der Waals surface area contributed by atoms with Crippen molar-refractivity contribution < 1.29 is 28.4 Å². The Morgan fingerprint density at radius 3 is 2.27 bits per heavy atom. The van der Waals surface area contributed by atoms with Crippen LogP contribution in [0.1, 0.15) is 27.7 Å². The first-order valence-corrected chi connectivity index (χ1v) is 8.91. The van der Waals surface area contributed by atoms with Gasteiger partial charge >= 0.3 is 0 Å². The Kier molecular flexibility index (Phi) is 4.48. The highest BCUT2D eigenvalue weighted by molar-refractivity contribution is 8.22. The van der Waals surface area contributed by atoms with E-state index >= 15 is 0 Å². The lowest BCUT2D eigenvalue weighted by Gasteiger charge is -2.37. The molecule has 3 saturated heterocycles. The highest BCUT2D eigenvalue weighted by Crippen LogP contribution is 2.44. The van der Waals surface area contributed by atoms with Gasteiger partial charge in [0.1, 0.15) is 31.0 Å². The molecule has 1 unspecified atom stereocenters. The molecule has 0 aliphatic carbocycles. The fraction of sp³-hybridized carbons (Fsp3) is 0.929. The van der Waals surface area contributed by atoms with E-state index in [2.05, 4.69) is 0 Å². The van der Waals surface area contributed by atoms with Crippen LogP contribution in [-0.2, 0) is 28.4 Å². The summed E-state index contributed by atoms with van der Waals surface area (Å²) in [4.78, 5) is 0. The van der Waals surface area contributed by atoms with Crippen LogP contribution in [0.15, 0.2) is 0 Å². The van der Waals surface area contributed by atoms with Gasteiger partial charge in [0.2, 0.25) is 4.38 Å². The topological polar surface area (TPSA) is 55.4 Å². The predicted octanol–water partition coefficient (Wildman–Crippen LogP) is 2.05. The van der Waals surface area contributed by atoms with Crippen molar-refractivity contribution in [3.63, 3.8) is 0 Å². The Labute approximate surface area is 140 Å². The van der Waals surface area contributed by atoms with Crippen molar-refractivity contribution in [2.75, 3.05) is 12.9 Å². The van der Waals surface area contributed by atoms with Crippen LogP contribution in [-0.4, -0.2) is 59.5 Å². The molecule has 0 bridgehead atoms. The number of fused-ring (bicyclic) bond motifs is 3. The van der Waals surface area contributed by atoms with Crippen LogP contribution in [0.2, 0.25) is 0 Å². The summed E-state index contributed by atoms with van der Waals surface area (Å²) >= 11 is 6.46. The molecule has 0 aromatic rings. The van der Waals surface area contributed by atoms with Crippen molar-refractivity contribution in [1.82, 2.24) is 0 Å². The minimum Gasteiger partial charge on any atom is -0.476 e. The molecule has 6 nitrogen and oxygen atoms in total. The second-order valence-corrected chi connectivity index (χ2v) is 7.88. The lowest BCUT2D eigenvalue weighted by molar-refractivity contribution is -0.239. The summed E-state index contributed by atoms with van der Waals surface area (Å²) in [5, 5.41) is 0. The summed E-state index contributed by atoms with van der Waals surface area (Å²) in [6, 6.07) is 0. The van der Waals surface area contributed by atoms with E-state index in [1.165, 1.54) is 11.8 Å². The third-order valence-electron chi connectivity index (χ3n) is 3.78. The Balaban J connectivity index is 1.76. The number of thioether (sulfide) groups is 1. The molecule has 126 valence electrons. The molecule has 3 aliphatic rings. The summed E-state index contributed by atoms with van der Waals surface area (Å²) in [5.41, 5.74) is 0. The quantitative estimate of drug-likeness (QED) is 0.702. The number of ether oxygens (including phenoxy) is 6. The first kappa shape index (κ1) is 16.9. The average molecular weight is 350 g/mol.